The van der Waals surface area contributed by atoms with E-state index in [1.807, 2.05) is 0 Å². The van der Waals surface area contributed by atoms with Gasteiger partial charge in [0.15, 0.2) is 5.78 Å². The van der Waals surface area contributed by atoms with Crippen LogP contribution in [0.15, 0.2) is 18.3 Å². The van der Waals surface area contributed by atoms with Gasteiger partial charge in [-0.3, -0.25) is 4.79 Å². The fourth-order valence-corrected chi connectivity index (χ4v) is 1.64. The molecule has 0 amide bonds. The molecular formula is C10H10ClNO. The largest absolute Gasteiger partial charge is 0.294 e. The van der Waals surface area contributed by atoms with Crippen LogP contribution in [0.5, 0.6) is 0 Å². The number of carbonyl (C=O) groups excluding carboxylic acids is 1. The highest BCUT2D eigenvalue weighted by atomic mass is 35.5. The summed E-state index contributed by atoms with van der Waals surface area (Å²) < 4.78 is 0. The number of pyridine rings is 1. The molecule has 1 aliphatic carbocycles. The van der Waals surface area contributed by atoms with Gasteiger partial charge in [-0.15, -0.1) is 0 Å². The number of hydrogen-bond acceptors (Lipinski definition) is 2. The van der Waals surface area contributed by atoms with Crippen LogP contribution in [-0.2, 0) is 0 Å². The fourth-order valence-electron chi connectivity index (χ4n) is 1.46. The van der Waals surface area contributed by atoms with Gasteiger partial charge in [-0.25, -0.2) is 4.98 Å². The lowest BCUT2D eigenvalue weighted by atomic mass is 9.80. The average molecular weight is 196 g/mol. The number of ketones is 1. The summed E-state index contributed by atoms with van der Waals surface area (Å²) in [5, 5.41) is 0.394. The van der Waals surface area contributed by atoms with Gasteiger partial charge in [0, 0.05) is 17.7 Å². The van der Waals surface area contributed by atoms with Crippen molar-refractivity contribution in [3.8, 4) is 0 Å². The van der Waals surface area contributed by atoms with Crippen molar-refractivity contribution in [1.29, 1.82) is 0 Å². The summed E-state index contributed by atoms with van der Waals surface area (Å²) in [5.74, 6) is 0.453. The Kier molecular flexibility index (Phi) is 2.32. The summed E-state index contributed by atoms with van der Waals surface area (Å²) in [5.41, 5.74) is 0.699. The Morgan fingerprint density at radius 2 is 2.31 bits per heavy atom. The van der Waals surface area contributed by atoms with Gasteiger partial charge in [0.2, 0.25) is 0 Å². The van der Waals surface area contributed by atoms with Crippen molar-refractivity contribution in [2.75, 3.05) is 0 Å². The molecule has 0 N–H and O–H groups in total. The molecule has 1 aromatic heterocycles. The van der Waals surface area contributed by atoms with Crippen molar-refractivity contribution in [2.24, 2.45) is 5.92 Å². The number of halogens is 1. The zero-order chi connectivity index (χ0) is 9.26. The molecule has 0 bridgehead atoms. The normalized spacial score (nSPS) is 16.7. The van der Waals surface area contributed by atoms with E-state index in [9.17, 15) is 4.79 Å². The first-order valence-corrected chi connectivity index (χ1v) is 4.81. The van der Waals surface area contributed by atoms with Crippen molar-refractivity contribution < 1.29 is 4.79 Å². The molecule has 1 aliphatic rings. The molecule has 2 rings (SSSR count). The molecule has 0 spiro atoms. The Morgan fingerprint density at radius 1 is 1.54 bits per heavy atom. The third-order valence-electron chi connectivity index (χ3n) is 2.49. The van der Waals surface area contributed by atoms with E-state index in [-0.39, 0.29) is 11.7 Å². The van der Waals surface area contributed by atoms with E-state index in [1.165, 1.54) is 6.42 Å². The molecular weight excluding hydrogens is 186 g/mol. The minimum Gasteiger partial charge on any atom is -0.294 e. The first kappa shape index (κ1) is 8.70. The highest BCUT2D eigenvalue weighted by Crippen LogP contribution is 2.29. The average Bonchev–Trinajstić information content (AvgIpc) is 2.01. The SMILES string of the molecule is O=C(c1ccnc(Cl)c1)C1CCC1. The molecule has 1 fully saturated rings. The monoisotopic (exact) mass is 195 g/mol. The molecule has 0 aromatic carbocycles. The summed E-state index contributed by atoms with van der Waals surface area (Å²) in [7, 11) is 0. The lowest BCUT2D eigenvalue weighted by Crippen LogP contribution is -2.21. The molecule has 1 aromatic rings. The summed E-state index contributed by atoms with van der Waals surface area (Å²) >= 11 is 5.69. The van der Waals surface area contributed by atoms with Crippen LogP contribution >= 0.6 is 11.6 Å². The molecule has 0 aliphatic heterocycles. The second kappa shape index (κ2) is 3.46. The van der Waals surface area contributed by atoms with Crippen LogP contribution < -0.4 is 0 Å². The maximum absolute atomic E-state index is 11.7. The smallest absolute Gasteiger partial charge is 0.166 e. The lowest BCUT2D eigenvalue weighted by Gasteiger charge is -2.23. The van der Waals surface area contributed by atoms with Gasteiger partial charge in [-0.05, 0) is 25.0 Å². The van der Waals surface area contributed by atoms with Crippen LogP contribution in [0.1, 0.15) is 29.6 Å². The molecule has 1 heterocycles. The maximum Gasteiger partial charge on any atom is 0.166 e. The summed E-state index contributed by atoms with van der Waals surface area (Å²) in [6.07, 6.45) is 4.81. The highest BCUT2D eigenvalue weighted by molar-refractivity contribution is 6.29. The number of rotatable bonds is 2. The van der Waals surface area contributed by atoms with Crippen LogP contribution in [0.25, 0.3) is 0 Å². The second-order valence-electron chi connectivity index (χ2n) is 3.36. The van der Waals surface area contributed by atoms with Crippen molar-refractivity contribution >= 4 is 17.4 Å². The van der Waals surface area contributed by atoms with Crippen LogP contribution in [0.4, 0.5) is 0 Å². The predicted molar refractivity (Wildman–Crippen MR) is 50.9 cm³/mol. The number of aromatic nitrogens is 1. The van der Waals surface area contributed by atoms with Gasteiger partial charge in [0.1, 0.15) is 5.15 Å². The van der Waals surface area contributed by atoms with Crippen LogP contribution in [0.2, 0.25) is 5.15 Å². The van der Waals surface area contributed by atoms with Crippen LogP contribution in [0, 0.1) is 5.92 Å². The molecule has 68 valence electrons. The number of carbonyl (C=O) groups is 1. The molecule has 13 heavy (non-hydrogen) atoms. The lowest BCUT2D eigenvalue weighted by molar-refractivity contribution is 0.0855. The zero-order valence-electron chi connectivity index (χ0n) is 7.16. The number of hydrogen-bond donors (Lipinski definition) is 0. The Bertz CT molecular complexity index is 333. The molecule has 3 heteroatoms. The van der Waals surface area contributed by atoms with E-state index in [2.05, 4.69) is 4.98 Å². The maximum atomic E-state index is 11.7. The van der Waals surface area contributed by atoms with Gasteiger partial charge in [0.25, 0.3) is 0 Å². The van der Waals surface area contributed by atoms with E-state index in [0.717, 1.165) is 12.8 Å². The Morgan fingerprint density at radius 3 is 2.85 bits per heavy atom. The minimum atomic E-state index is 0.218. The minimum absolute atomic E-state index is 0.218. The van der Waals surface area contributed by atoms with E-state index in [1.54, 1.807) is 18.3 Å². The molecule has 0 radical (unpaired) electrons. The predicted octanol–water partition coefficient (Wildman–Crippen LogP) is 2.72. The number of nitrogens with zero attached hydrogens (tertiary/aromatic N) is 1. The third-order valence-corrected chi connectivity index (χ3v) is 2.69. The summed E-state index contributed by atoms with van der Waals surface area (Å²) in [6.45, 7) is 0. The topological polar surface area (TPSA) is 30.0 Å². The summed E-state index contributed by atoms with van der Waals surface area (Å²) in [6, 6.07) is 3.37. The number of Topliss-reactive ketones (excluding diaryl/α,β-unsaturated/α-hetero) is 1. The van der Waals surface area contributed by atoms with Crippen molar-refractivity contribution in [1.82, 2.24) is 4.98 Å². The second-order valence-corrected chi connectivity index (χ2v) is 3.75. The van der Waals surface area contributed by atoms with Crippen molar-refractivity contribution in [3.63, 3.8) is 0 Å². The molecule has 0 atom stereocenters. The summed E-state index contributed by atoms with van der Waals surface area (Å²) in [4.78, 5) is 15.5. The van der Waals surface area contributed by atoms with E-state index in [4.69, 9.17) is 11.6 Å². The molecule has 0 saturated heterocycles. The standard InChI is InChI=1S/C10H10ClNO/c11-9-6-8(4-5-12-9)10(13)7-2-1-3-7/h4-7H,1-3H2. The Labute approximate surface area is 81.9 Å². The Hall–Kier alpha value is -0.890. The van der Waals surface area contributed by atoms with Gasteiger partial charge in [-0.2, -0.15) is 0 Å². The molecule has 1 saturated carbocycles. The highest BCUT2D eigenvalue weighted by Gasteiger charge is 2.26. The van der Waals surface area contributed by atoms with Gasteiger partial charge >= 0.3 is 0 Å². The van der Waals surface area contributed by atoms with Crippen molar-refractivity contribution in [2.45, 2.75) is 19.3 Å². The fraction of sp³-hybridized carbons (Fsp3) is 0.400. The first-order chi connectivity index (χ1) is 6.27. The van der Waals surface area contributed by atoms with Gasteiger partial charge in [0.05, 0.1) is 0 Å². The van der Waals surface area contributed by atoms with Crippen LogP contribution in [0.3, 0.4) is 0 Å². The van der Waals surface area contributed by atoms with Gasteiger partial charge in [-0.1, -0.05) is 18.0 Å². The van der Waals surface area contributed by atoms with E-state index >= 15 is 0 Å². The molecule has 0 unspecified atom stereocenters. The molecule has 2 nitrogen and oxygen atoms in total. The van der Waals surface area contributed by atoms with E-state index in [0.29, 0.717) is 10.7 Å². The van der Waals surface area contributed by atoms with Crippen LogP contribution in [-0.4, -0.2) is 10.8 Å². The third kappa shape index (κ3) is 1.73. The Balaban J connectivity index is 2.19. The first-order valence-electron chi connectivity index (χ1n) is 4.43. The zero-order valence-corrected chi connectivity index (χ0v) is 7.92. The quantitative estimate of drug-likeness (QED) is 0.537. The van der Waals surface area contributed by atoms with Crippen molar-refractivity contribution in [3.05, 3.63) is 29.0 Å². The van der Waals surface area contributed by atoms with E-state index < -0.39 is 0 Å². The van der Waals surface area contributed by atoms with Gasteiger partial charge < -0.3 is 0 Å².